The molecule has 0 bridgehead atoms. The molecule has 1 aliphatic heterocycles. The summed E-state index contributed by atoms with van der Waals surface area (Å²) < 4.78 is 28.3. The number of hydrogen-bond acceptors (Lipinski definition) is 7. The molecule has 4 rings (SSSR count). The third kappa shape index (κ3) is 5.30. The van der Waals surface area contributed by atoms with Gasteiger partial charge in [-0.1, -0.05) is 42.1 Å². The average molecular weight is 459 g/mol. The SMILES string of the molecule is O=C(CSc1nnnn1Cc1ccccc1)Nc1ccc(S(=O)(=O)N2CCCC2)cc1. The number of carbonyl (C=O) groups is 1. The first-order valence-electron chi connectivity index (χ1n) is 9.85. The summed E-state index contributed by atoms with van der Waals surface area (Å²) in [5.41, 5.74) is 1.60. The number of amides is 1. The summed E-state index contributed by atoms with van der Waals surface area (Å²) in [6, 6.07) is 16.1. The maximum absolute atomic E-state index is 12.6. The highest BCUT2D eigenvalue weighted by molar-refractivity contribution is 7.99. The lowest BCUT2D eigenvalue weighted by Gasteiger charge is -2.15. The summed E-state index contributed by atoms with van der Waals surface area (Å²) in [6.45, 7) is 1.63. The van der Waals surface area contributed by atoms with E-state index in [-0.39, 0.29) is 16.6 Å². The molecule has 162 valence electrons. The summed E-state index contributed by atoms with van der Waals surface area (Å²) in [5, 5.41) is 15.0. The van der Waals surface area contributed by atoms with Gasteiger partial charge < -0.3 is 5.32 Å². The van der Waals surface area contributed by atoms with E-state index in [2.05, 4.69) is 20.8 Å². The Morgan fingerprint density at radius 2 is 1.74 bits per heavy atom. The van der Waals surface area contributed by atoms with E-state index in [1.165, 1.54) is 28.2 Å². The number of rotatable bonds is 8. The lowest BCUT2D eigenvalue weighted by atomic mass is 10.2. The Labute approximate surface area is 184 Å². The summed E-state index contributed by atoms with van der Waals surface area (Å²) in [4.78, 5) is 12.6. The van der Waals surface area contributed by atoms with E-state index < -0.39 is 10.0 Å². The van der Waals surface area contributed by atoms with Crippen LogP contribution in [0.5, 0.6) is 0 Å². The van der Waals surface area contributed by atoms with E-state index in [1.807, 2.05) is 30.3 Å². The summed E-state index contributed by atoms with van der Waals surface area (Å²) >= 11 is 1.24. The molecule has 0 spiro atoms. The molecule has 31 heavy (non-hydrogen) atoms. The first-order valence-corrected chi connectivity index (χ1v) is 12.3. The van der Waals surface area contributed by atoms with Gasteiger partial charge >= 0.3 is 0 Å². The van der Waals surface area contributed by atoms with Crippen molar-refractivity contribution in [2.75, 3.05) is 24.2 Å². The lowest BCUT2D eigenvalue weighted by Crippen LogP contribution is -2.27. The van der Waals surface area contributed by atoms with Gasteiger partial charge in [0.1, 0.15) is 0 Å². The minimum absolute atomic E-state index is 0.128. The number of tetrazole rings is 1. The van der Waals surface area contributed by atoms with Crippen LogP contribution in [-0.2, 0) is 21.4 Å². The van der Waals surface area contributed by atoms with Crippen molar-refractivity contribution in [3.8, 4) is 0 Å². The van der Waals surface area contributed by atoms with Crippen LogP contribution in [0.4, 0.5) is 5.69 Å². The molecule has 0 unspecified atom stereocenters. The zero-order valence-corrected chi connectivity index (χ0v) is 18.3. The van der Waals surface area contributed by atoms with Crippen molar-refractivity contribution < 1.29 is 13.2 Å². The molecule has 1 fully saturated rings. The molecule has 0 aliphatic carbocycles. The van der Waals surface area contributed by atoms with Crippen LogP contribution in [0.25, 0.3) is 0 Å². The Kier molecular flexibility index (Phi) is 6.64. The van der Waals surface area contributed by atoms with E-state index in [9.17, 15) is 13.2 Å². The smallest absolute Gasteiger partial charge is 0.243 e. The van der Waals surface area contributed by atoms with E-state index in [4.69, 9.17) is 0 Å². The molecule has 3 aromatic rings. The molecule has 1 saturated heterocycles. The Balaban J connectivity index is 1.32. The van der Waals surface area contributed by atoms with Crippen molar-refractivity contribution in [2.45, 2.75) is 29.4 Å². The fraction of sp³-hybridized carbons (Fsp3) is 0.300. The second-order valence-electron chi connectivity index (χ2n) is 7.08. The molecule has 0 saturated carbocycles. The number of nitrogens with one attached hydrogen (secondary N) is 1. The number of aromatic nitrogens is 4. The van der Waals surface area contributed by atoms with Crippen LogP contribution in [0.2, 0.25) is 0 Å². The van der Waals surface area contributed by atoms with Crippen LogP contribution >= 0.6 is 11.8 Å². The second-order valence-corrected chi connectivity index (χ2v) is 9.96. The van der Waals surface area contributed by atoms with Gasteiger partial charge in [0.25, 0.3) is 0 Å². The third-order valence-corrected chi connectivity index (χ3v) is 7.72. The maximum atomic E-state index is 12.6. The van der Waals surface area contributed by atoms with Crippen LogP contribution in [0, 0.1) is 0 Å². The normalized spacial score (nSPS) is 14.6. The second kappa shape index (κ2) is 9.58. The van der Waals surface area contributed by atoms with Gasteiger partial charge in [-0.2, -0.15) is 4.31 Å². The first-order chi connectivity index (χ1) is 15.0. The van der Waals surface area contributed by atoms with Crippen LogP contribution in [0.3, 0.4) is 0 Å². The molecule has 2 heterocycles. The molecule has 1 aromatic heterocycles. The molecular formula is C20H22N6O3S2. The third-order valence-electron chi connectivity index (χ3n) is 4.85. The van der Waals surface area contributed by atoms with Crippen molar-refractivity contribution in [2.24, 2.45) is 0 Å². The number of hydrogen-bond donors (Lipinski definition) is 1. The molecular weight excluding hydrogens is 436 g/mol. The zero-order chi connectivity index (χ0) is 21.7. The largest absolute Gasteiger partial charge is 0.325 e. The average Bonchev–Trinajstić information content (AvgIpc) is 3.46. The molecule has 2 aromatic carbocycles. The fourth-order valence-electron chi connectivity index (χ4n) is 3.27. The van der Waals surface area contributed by atoms with Gasteiger partial charge in [0.2, 0.25) is 21.1 Å². The molecule has 9 nitrogen and oxygen atoms in total. The number of benzene rings is 2. The number of anilines is 1. The highest BCUT2D eigenvalue weighted by Gasteiger charge is 2.26. The van der Waals surface area contributed by atoms with Crippen molar-refractivity contribution in [3.05, 3.63) is 60.2 Å². The van der Waals surface area contributed by atoms with E-state index in [0.29, 0.717) is 30.5 Å². The summed E-state index contributed by atoms with van der Waals surface area (Å²) in [7, 11) is -3.46. The highest BCUT2D eigenvalue weighted by Crippen LogP contribution is 2.22. The number of sulfonamides is 1. The summed E-state index contributed by atoms with van der Waals surface area (Å²) in [5.74, 6) is -0.0994. The van der Waals surface area contributed by atoms with Crippen molar-refractivity contribution >= 4 is 33.4 Å². The molecule has 1 aliphatic rings. The lowest BCUT2D eigenvalue weighted by molar-refractivity contribution is -0.113. The molecule has 1 amide bonds. The van der Waals surface area contributed by atoms with E-state index in [0.717, 1.165) is 18.4 Å². The maximum Gasteiger partial charge on any atom is 0.243 e. The van der Waals surface area contributed by atoms with E-state index in [1.54, 1.807) is 16.8 Å². The number of nitrogens with zero attached hydrogens (tertiary/aromatic N) is 5. The van der Waals surface area contributed by atoms with E-state index >= 15 is 0 Å². The predicted octanol–water partition coefficient (Wildman–Crippen LogP) is 2.24. The number of thioether (sulfide) groups is 1. The minimum atomic E-state index is -3.46. The van der Waals surface area contributed by atoms with Gasteiger partial charge in [-0.3, -0.25) is 4.79 Å². The standard InChI is InChI=1S/C20H22N6O3S2/c27-19(15-30-20-22-23-24-26(20)14-16-6-2-1-3-7-16)21-17-8-10-18(11-9-17)31(28,29)25-12-4-5-13-25/h1-3,6-11H,4-5,12-15H2,(H,21,27). The van der Waals surface area contributed by atoms with Crippen molar-refractivity contribution in [1.29, 1.82) is 0 Å². The Bertz CT molecular complexity index is 1130. The van der Waals surface area contributed by atoms with Crippen LogP contribution in [0.15, 0.2) is 64.6 Å². The van der Waals surface area contributed by atoms with Gasteiger partial charge in [0, 0.05) is 18.8 Å². The Morgan fingerprint density at radius 1 is 1.03 bits per heavy atom. The highest BCUT2D eigenvalue weighted by atomic mass is 32.2. The van der Waals surface area contributed by atoms with Gasteiger partial charge in [-0.05, 0) is 53.1 Å². The van der Waals surface area contributed by atoms with Crippen LogP contribution in [-0.4, -0.2) is 57.7 Å². The quantitative estimate of drug-likeness (QED) is 0.516. The minimum Gasteiger partial charge on any atom is -0.325 e. The molecule has 0 radical (unpaired) electrons. The van der Waals surface area contributed by atoms with Crippen LogP contribution in [0.1, 0.15) is 18.4 Å². The Morgan fingerprint density at radius 3 is 2.45 bits per heavy atom. The predicted molar refractivity (Wildman–Crippen MR) is 117 cm³/mol. The molecule has 1 N–H and O–H groups in total. The fourth-order valence-corrected chi connectivity index (χ4v) is 5.46. The summed E-state index contributed by atoms with van der Waals surface area (Å²) in [6.07, 6.45) is 1.78. The Hall–Kier alpha value is -2.76. The topological polar surface area (TPSA) is 110 Å². The monoisotopic (exact) mass is 458 g/mol. The first kappa shape index (κ1) is 21.5. The van der Waals surface area contributed by atoms with Crippen molar-refractivity contribution in [3.63, 3.8) is 0 Å². The molecule has 11 heteroatoms. The number of carbonyl (C=O) groups excluding carboxylic acids is 1. The van der Waals surface area contributed by atoms with Crippen molar-refractivity contribution in [1.82, 2.24) is 24.5 Å². The van der Waals surface area contributed by atoms with Crippen LogP contribution < -0.4 is 5.32 Å². The zero-order valence-electron chi connectivity index (χ0n) is 16.7. The van der Waals surface area contributed by atoms with Gasteiger partial charge in [0.05, 0.1) is 17.2 Å². The van der Waals surface area contributed by atoms with Gasteiger partial charge in [-0.25, -0.2) is 13.1 Å². The molecule has 0 atom stereocenters. The van der Waals surface area contributed by atoms with Gasteiger partial charge in [-0.15, -0.1) is 5.10 Å². The van der Waals surface area contributed by atoms with Gasteiger partial charge in [0.15, 0.2) is 0 Å².